The number of ether oxygens (including phenoxy) is 2. The third-order valence-corrected chi connectivity index (χ3v) is 8.99. The number of imidazole rings is 2. The van der Waals surface area contributed by atoms with E-state index >= 15 is 0 Å². The van der Waals surface area contributed by atoms with Gasteiger partial charge in [-0.15, -0.1) is 0 Å². The summed E-state index contributed by atoms with van der Waals surface area (Å²) >= 11 is 0. The molecule has 3 aromatic carbocycles. The zero-order valence-electron chi connectivity index (χ0n) is 29.6. The third kappa shape index (κ3) is 7.18. The van der Waals surface area contributed by atoms with Gasteiger partial charge in [-0.2, -0.15) is 0 Å². The molecule has 10 heteroatoms. The zero-order valence-corrected chi connectivity index (χ0v) is 29.6. The van der Waals surface area contributed by atoms with Crippen LogP contribution in [-0.2, 0) is 9.47 Å². The minimum absolute atomic E-state index is 0.127. The van der Waals surface area contributed by atoms with Crippen molar-refractivity contribution < 1.29 is 19.1 Å². The first-order chi connectivity index (χ1) is 23.8. The van der Waals surface area contributed by atoms with Crippen LogP contribution >= 0.6 is 0 Å². The molecule has 2 amide bonds. The molecule has 2 fully saturated rings. The fourth-order valence-corrected chi connectivity index (χ4v) is 6.73. The van der Waals surface area contributed by atoms with Crippen LogP contribution in [0.4, 0.5) is 9.59 Å². The number of nitrogens with one attached hydrogen (secondary N) is 2. The molecule has 50 heavy (non-hydrogen) atoms. The van der Waals surface area contributed by atoms with Gasteiger partial charge in [-0.05, 0) is 114 Å². The number of nitrogens with zero attached hydrogens (tertiary/aromatic N) is 4. The lowest BCUT2D eigenvalue weighted by molar-refractivity contribution is 0.0208. The minimum Gasteiger partial charge on any atom is -0.444 e. The lowest BCUT2D eigenvalue weighted by atomic mass is 10.0. The van der Waals surface area contributed by atoms with E-state index in [1.165, 1.54) is 0 Å². The Morgan fingerprint density at radius 2 is 1.32 bits per heavy atom. The van der Waals surface area contributed by atoms with Gasteiger partial charge < -0.3 is 19.4 Å². The van der Waals surface area contributed by atoms with Crippen LogP contribution in [0.15, 0.2) is 60.8 Å². The Hall–Kier alpha value is -5.30. The molecule has 0 bridgehead atoms. The molecule has 0 radical (unpaired) electrons. The normalized spacial score (nSPS) is 18.0. The molecule has 2 aliphatic heterocycles. The van der Waals surface area contributed by atoms with Crippen molar-refractivity contribution in [1.29, 1.82) is 0 Å². The van der Waals surface area contributed by atoms with Gasteiger partial charge in [-0.25, -0.2) is 19.6 Å². The first-order valence-electron chi connectivity index (χ1n) is 17.4. The number of carbonyl (C=O) groups excluding carboxylic acids is 2. The van der Waals surface area contributed by atoms with Crippen LogP contribution in [-0.4, -0.2) is 66.2 Å². The SMILES string of the molecule is CC(C)(C)OC(=O)N1CCC[C@H]1c1ncc(-c2ccc3cc(C#Cc4ccc5nc([C@@H]6CCCN6C(=O)OC(C)(C)C)[nH]c5c4)ccc3c2)[nH]1. The predicted molar refractivity (Wildman–Crippen MR) is 193 cm³/mol. The second kappa shape index (κ2) is 12.9. The number of likely N-dealkylation sites (tertiary alicyclic amines) is 2. The molecule has 0 saturated carbocycles. The van der Waals surface area contributed by atoms with Gasteiger partial charge in [0.15, 0.2) is 0 Å². The summed E-state index contributed by atoms with van der Waals surface area (Å²) in [5, 5.41) is 2.19. The Labute approximate surface area is 292 Å². The second-order valence-electron chi connectivity index (χ2n) is 15.2. The largest absolute Gasteiger partial charge is 0.444 e. The maximum atomic E-state index is 12.8. The number of hydrogen-bond acceptors (Lipinski definition) is 6. The Kier molecular flexibility index (Phi) is 8.54. The van der Waals surface area contributed by atoms with Crippen molar-refractivity contribution >= 4 is 34.0 Å². The highest BCUT2D eigenvalue weighted by atomic mass is 16.6. The smallest absolute Gasteiger partial charge is 0.410 e. The van der Waals surface area contributed by atoms with Gasteiger partial charge in [0.2, 0.25) is 0 Å². The second-order valence-corrected chi connectivity index (χ2v) is 15.2. The van der Waals surface area contributed by atoms with Crippen molar-refractivity contribution in [2.45, 2.75) is 90.5 Å². The van der Waals surface area contributed by atoms with E-state index in [0.717, 1.165) is 81.5 Å². The summed E-state index contributed by atoms with van der Waals surface area (Å²) in [6, 6.07) is 18.2. The van der Waals surface area contributed by atoms with Gasteiger partial charge in [0.1, 0.15) is 22.9 Å². The number of hydrogen-bond donors (Lipinski definition) is 2. The van der Waals surface area contributed by atoms with E-state index < -0.39 is 11.2 Å². The Bertz CT molecular complexity index is 2140. The molecular formula is C40H44N6O4. The number of fused-ring (bicyclic) bond motifs is 2. The Balaban J connectivity index is 1.05. The highest BCUT2D eigenvalue weighted by molar-refractivity contribution is 5.88. The summed E-state index contributed by atoms with van der Waals surface area (Å²) < 4.78 is 11.3. The minimum atomic E-state index is -0.547. The van der Waals surface area contributed by atoms with Gasteiger partial charge in [-0.1, -0.05) is 30.0 Å². The van der Waals surface area contributed by atoms with Crippen LogP contribution in [0.2, 0.25) is 0 Å². The summed E-state index contributed by atoms with van der Waals surface area (Å²) in [4.78, 5) is 45.6. The van der Waals surface area contributed by atoms with Gasteiger partial charge in [-0.3, -0.25) is 9.80 Å². The molecule has 2 saturated heterocycles. The lowest BCUT2D eigenvalue weighted by Gasteiger charge is -2.27. The summed E-state index contributed by atoms with van der Waals surface area (Å²) in [6.45, 7) is 12.6. The van der Waals surface area contributed by atoms with Crippen molar-refractivity contribution in [3.63, 3.8) is 0 Å². The number of H-pyrrole nitrogens is 2. The number of aromatic amines is 2. The number of rotatable bonds is 3. The van der Waals surface area contributed by atoms with E-state index in [4.69, 9.17) is 14.5 Å². The summed E-state index contributed by atoms with van der Waals surface area (Å²) in [5.74, 6) is 8.18. The van der Waals surface area contributed by atoms with Crippen LogP contribution in [0, 0.1) is 11.8 Å². The zero-order chi connectivity index (χ0) is 35.2. The van der Waals surface area contributed by atoms with Gasteiger partial charge >= 0.3 is 12.2 Å². The monoisotopic (exact) mass is 672 g/mol. The van der Waals surface area contributed by atoms with Crippen LogP contribution < -0.4 is 0 Å². The van der Waals surface area contributed by atoms with Crippen molar-refractivity contribution in [1.82, 2.24) is 29.7 Å². The molecule has 2 atom stereocenters. The van der Waals surface area contributed by atoms with Crippen molar-refractivity contribution in [2.24, 2.45) is 0 Å². The van der Waals surface area contributed by atoms with E-state index in [9.17, 15) is 9.59 Å². The quantitative estimate of drug-likeness (QED) is 0.185. The molecule has 258 valence electrons. The van der Waals surface area contributed by atoms with Crippen molar-refractivity contribution in [3.8, 4) is 23.1 Å². The molecule has 4 heterocycles. The van der Waals surface area contributed by atoms with Crippen molar-refractivity contribution in [3.05, 3.63) is 83.6 Å². The van der Waals surface area contributed by atoms with Crippen LogP contribution in [0.1, 0.15) is 102 Å². The van der Waals surface area contributed by atoms with E-state index in [2.05, 4.69) is 57.1 Å². The molecule has 2 aromatic heterocycles. The van der Waals surface area contributed by atoms with E-state index in [1.54, 1.807) is 9.80 Å². The summed E-state index contributed by atoms with van der Waals surface area (Å²) in [6.07, 6.45) is 4.74. The average Bonchev–Trinajstić information content (AvgIpc) is 3.87. The first-order valence-corrected chi connectivity index (χ1v) is 17.4. The molecule has 0 unspecified atom stereocenters. The molecule has 7 rings (SSSR count). The molecule has 2 aliphatic rings. The van der Waals surface area contributed by atoms with Crippen LogP contribution in [0.3, 0.4) is 0 Å². The topological polar surface area (TPSA) is 116 Å². The lowest BCUT2D eigenvalue weighted by Crippen LogP contribution is -2.36. The standard InChI is InChI=1S/C40H44N6O4/c1-39(2,3)49-37(47)45-19-7-9-33(45)35-41-24-32(44-35)29-17-16-27-21-25(13-15-28(27)23-29)11-12-26-14-18-30-31(22-26)43-36(42-30)34-10-8-20-46(34)38(48)50-40(4,5)6/h13-18,21-24,33-34H,7-10,19-20H2,1-6H3,(H,41,44)(H,42,43)/t33-,34-/m0/s1. The van der Waals surface area contributed by atoms with Crippen LogP contribution in [0.5, 0.6) is 0 Å². The number of aromatic nitrogens is 4. The fraction of sp³-hybridized carbons (Fsp3) is 0.400. The number of carbonyl (C=O) groups is 2. The molecule has 2 N–H and O–H groups in total. The van der Waals surface area contributed by atoms with E-state index in [0.29, 0.717) is 13.1 Å². The molecule has 0 spiro atoms. The highest BCUT2D eigenvalue weighted by Gasteiger charge is 2.36. The van der Waals surface area contributed by atoms with Gasteiger partial charge in [0.05, 0.1) is 35.0 Å². The summed E-state index contributed by atoms with van der Waals surface area (Å²) in [5.41, 5.74) is 4.37. The van der Waals surface area contributed by atoms with Gasteiger partial charge in [0, 0.05) is 29.8 Å². The summed E-state index contributed by atoms with van der Waals surface area (Å²) in [7, 11) is 0. The van der Waals surface area contributed by atoms with Crippen LogP contribution in [0.25, 0.3) is 33.1 Å². The van der Waals surface area contributed by atoms with E-state index in [1.807, 2.05) is 72.0 Å². The first kappa shape index (κ1) is 33.2. The number of benzene rings is 3. The number of amides is 2. The van der Waals surface area contributed by atoms with Crippen molar-refractivity contribution in [2.75, 3.05) is 13.1 Å². The van der Waals surface area contributed by atoms with E-state index in [-0.39, 0.29) is 24.3 Å². The highest BCUT2D eigenvalue weighted by Crippen LogP contribution is 2.35. The Morgan fingerprint density at radius 1 is 0.740 bits per heavy atom. The third-order valence-electron chi connectivity index (χ3n) is 8.99. The predicted octanol–water partition coefficient (Wildman–Crippen LogP) is 8.65. The molecule has 10 nitrogen and oxygen atoms in total. The Morgan fingerprint density at radius 3 is 1.98 bits per heavy atom. The molecule has 0 aliphatic carbocycles. The fourth-order valence-electron chi connectivity index (χ4n) is 6.73. The maximum Gasteiger partial charge on any atom is 0.410 e. The van der Waals surface area contributed by atoms with Gasteiger partial charge in [0.25, 0.3) is 0 Å². The average molecular weight is 673 g/mol. The molecule has 5 aromatic rings. The molecular weight excluding hydrogens is 628 g/mol. The maximum absolute atomic E-state index is 12.8.